The van der Waals surface area contributed by atoms with Crippen LogP contribution < -0.4 is 11.1 Å². The summed E-state index contributed by atoms with van der Waals surface area (Å²) in [6.45, 7) is 8.67. The number of nitrogens with two attached hydrogens (primary N) is 1. The van der Waals surface area contributed by atoms with Crippen molar-refractivity contribution in [1.82, 2.24) is 10.2 Å². The van der Waals surface area contributed by atoms with Gasteiger partial charge in [0.15, 0.2) is 5.84 Å². The van der Waals surface area contributed by atoms with Crippen molar-refractivity contribution in [2.45, 2.75) is 26.8 Å². The van der Waals surface area contributed by atoms with E-state index >= 15 is 0 Å². The average Bonchev–Trinajstić information content (AvgIpc) is 2.51. The number of nitrogens with zero attached hydrogens (tertiary/aromatic N) is 2. The Morgan fingerprint density at radius 3 is 2.71 bits per heavy atom. The summed E-state index contributed by atoms with van der Waals surface area (Å²) < 4.78 is 14.1. The summed E-state index contributed by atoms with van der Waals surface area (Å²) in [6.07, 6.45) is 1.02. The lowest BCUT2D eigenvalue weighted by Crippen LogP contribution is -2.27. The molecule has 0 fully saturated rings. The highest BCUT2D eigenvalue weighted by Crippen LogP contribution is 2.12. The van der Waals surface area contributed by atoms with Crippen molar-refractivity contribution in [1.29, 1.82) is 0 Å². The monoisotopic (exact) mass is 296 g/mol. The Morgan fingerprint density at radius 1 is 1.38 bits per heavy atom. The van der Waals surface area contributed by atoms with Gasteiger partial charge in [-0.25, -0.2) is 4.39 Å². The lowest BCUT2D eigenvalue weighted by atomic mass is 10.1. The van der Waals surface area contributed by atoms with Crippen LogP contribution in [0.2, 0.25) is 0 Å². The van der Waals surface area contributed by atoms with Gasteiger partial charge in [0.05, 0.1) is 5.56 Å². The summed E-state index contributed by atoms with van der Waals surface area (Å²) in [7, 11) is 0. The van der Waals surface area contributed by atoms with Crippen molar-refractivity contribution in [3.05, 3.63) is 35.1 Å². The molecule has 6 heteroatoms. The maximum absolute atomic E-state index is 14.1. The lowest BCUT2D eigenvalue weighted by Gasteiger charge is -2.17. The number of benzene rings is 1. The third kappa shape index (κ3) is 5.32. The van der Waals surface area contributed by atoms with Gasteiger partial charge in [-0.15, -0.1) is 0 Å². The van der Waals surface area contributed by atoms with Gasteiger partial charge in [-0.3, -0.25) is 0 Å². The fourth-order valence-electron chi connectivity index (χ4n) is 2.16. The molecular formula is C15H25FN4O. The van der Waals surface area contributed by atoms with E-state index in [0.717, 1.165) is 32.6 Å². The predicted molar refractivity (Wildman–Crippen MR) is 83.0 cm³/mol. The molecule has 0 atom stereocenters. The van der Waals surface area contributed by atoms with Gasteiger partial charge in [0.1, 0.15) is 5.82 Å². The molecule has 0 saturated carbocycles. The van der Waals surface area contributed by atoms with Gasteiger partial charge in [-0.2, -0.15) is 0 Å². The second kappa shape index (κ2) is 9.31. The third-order valence-electron chi connectivity index (χ3n) is 3.50. The molecule has 1 aromatic carbocycles. The molecule has 4 N–H and O–H groups in total. The Kier molecular flexibility index (Phi) is 7.71. The van der Waals surface area contributed by atoms with E-state index in [1.54, 1.807) is 12.1 Å². The van der Waals surface area contributed by atoms with Crippen LogP contribution in [-0.4, -0.2) is 42.1 Å². The number of nitrogens with one attached hydrogen (secondary N) is 1. The van der Waals surface area contributed by atoms with Crippen LogP contribution in [-0.2, 0) is 6.54 Å². The minimum Gasteiger partial charge on any atom is -0.409 e. The fourth-order valence-corrected chi connectivity index (χ4v) is 2.16. The lowest BCUT2D eigenvalue weighted by molar-refractivity contribution is 0.298. The Balaban J connectivity index is 2.46. The van der Waals surface area contributed by atoms with Crippen LogP contribution in [0.15, 0.2) is 23.4 Å². The van der Waals surface area contributed by atoms with Gasteiger partial charge in [-0.05, 0) is 38.7 Å². The van der Waals surface area contributed by atoms with Crippen LogP contribution >= 0.6 is 0 Å². The number of oxime groups is 1. The first-order valence-corrected chi connectivity index (χ1v) is 7.32. The molecule has 0 bridgehead atoms. The quantitative estimate of drug-likeness (QED) is 0.213. The Morgan fingerprint density at radius 2 is 2.10 bits per heavy atom. The van der Waals surface area contributed by atoms with E-state index in [-0.39, 0.29) is 11.4 Å². The van der Waals surface area contributed by atoms with E-state index in [1.165, 1.54) is 6.07 Å². The molecule has 0 aliphatic rings. The van der Waals surface area contributed by atoms with E-state index in [1.807, 2.05) is 0 Å². The first-order valence-electron chi connectivity index (χ1n) is 7.32. The molecule has 0 aromatic heterocycles. The minimum atomic E-state index is -0.441. The first kappa shape index (κ1) is 17.4. The highest BCUT2D eigenvalue weighted by atomic mass is 19.1. The van der Waals surface area contributed by atoms with Gasteiger partial charge in [0.25, 0.3) is 0 Å². The van der Waals surface area contributed by atoms with Crippen molar-refractivity contribution in [3.8, 4) is 0 Å². The van der Waals surface area contributed by atoms with E-state index in [9.17, 15) is 4.39 Å². The number of halogens is 1. The summed E-state index contributed by atoms with van der Waals surface area (Å²) in [5.74, 6) is -0.653. The molecule has 0 aliphatic heterocycles. The molecule has 5 nitrogen and oxygen atoms in total. The summed E-state index contributed by atoms with van der Waals surface area (Å²) in [6, 6.07) is 4.89. The number of hydrogen-bond donors (Lipinski definition) is 3. The predicted octanol–water partition coefficient (Wildman–Crippen LogP) is 1.74. The third-order valence-corrected chi connectivity index (χ3v) is 3.50. The van der Waals surface area contributed by atoms with Crippen LogP contribution in [0.3, 0.4) is 0 Å². The molecule has 0 unspecified atom stereocenters. The number of amidine groups is 1. The van der Waals surface area contributed by atoms with Gasteiger partial charge in [0, 0.05) is 12.1 Å². The van der Waals surface area contributed by atoms with Crippen LogP contribution in [0, 0.1) is 5.82 Å². The standard InChI is InChI=1S/C15H25FN4O/c1-3-20(4-2)10-6-9-18-11-12-7-5-8-13(14(12)16)15(17)19-21/h5,7-8,18,21H,3-4,6,9-11H2,1-2H3,(H2,17,19). The van der Waals surface area contributed by atoms with Crippen molar-refractivity contribution in [2.75, 3.05) is 26.2 Å². The van der Waals surface area contributed by atoms with E-state index < -0.39 is 5.82 Å². The molecule has 1 aromatic rings. The highest BCUT2D eigenvalue weighted by Gasteiger charge is 2.11. The molecule has 118 valence electrons. The molecule has 0 amide bonds. The van der Waals surface area contributed by atoms with Crippen LogP contribution in [0.5, 0.6) is 0 Å². The topological polar surface area (TPSA) is 73.9 Å². The fraction of sp³-hybridized carbons (Fsp3) is 0.533. The van der Waals surface area contributed by atoms with Crippen LogP contribution in [0.25, 0.3) is 0 Å². The normalized spacial score (nSPS) is 12.1. The van der Waals surface area contributed by atoms with Crippen molar-refractivity contribution >= 4 is 5.84 Å². The summed E-state index contributed by atoms with van der Waals surface area (Å²) in [5, 5.41) is 14.7. The Hall–Kier alpha value is -1.66. The first-order chi connectivity index (χ1) is 10.1. The Bertz CT molecular complexity index is 461. The Labute approximate surface area is 125 Å². The van der Waals surface area contributed by atoms with Gasteiger partial charge >= 0.3 is 0 Å². The van der Waals surface area contributed by atoms with Gasteiger partial charge in [-0.1, -0.05) is 31.1 Å². The van der Waals surface area contributed by atoms with Crippen molar-refractivity contribution in [2.24, 2.45) is 10.9 Å². The van der Waals surface area contributed by atoms with E-state index in [0.29, 0.717) is 12.1 Å². The second-order valence-corrected chi connectivity index (χ2v) is 4.82. The summed E-state index contributed by atoms with van der Waals surface area (Å²) >= 11 is 0. The largest absolute Gasteiger partial charge is 0.409 e. The zero-order valence-electron chi connectivity index (χ0n) is 12.8. The molecule has 1 rings (SSSR count). The zero-order chi connectivity index (χ0) is 15.7. The highest BCUT2D eigenvalue weighted by molar-refractivity contribution is 5.97. The SMILES string of the molecule is CCN(CC)CCCNCc1cccc(/C(N)=N/O)c1F. The summed E-state index contributed by atoms with van der Waals surface area (Å²) in [4.78, 5) is 2.35. The maximum Gasteiger partial charge on any atom is 0.173 e. The zero-order valence-corrected chi connectivity index (χ0v) is 12.8. The smallest absolute Gasteiger partial charge is 0.173 e. The number of hydrogen-bond acceptors (Lipinski definition) is 4. The second-order valence-electron chi connectivity index (χ2n) is 4.82. The molecule has 0 spiro atoms. The average molecular weight is 296 g/mol. The molecule has 0 aliphatic carbocycles. The van der Waals surface area contributed by atoms with E-state index in [2.05, 4.69) is 29.2 Å². The van der Waals surface area contributed by atoms with Crippen molar-refractivity contribution in [3.63, 3.8) is 0 Å². The van der Waals surface area contributed by atoms with Gasteiger partial charge in [0.2, 0.25) is 0 Å². The molecule has 21 heavy (non-hydrogen) atoms. The van der Waals surface area contributed by atoms with E-state index in [4.69, 9.17) is 10.9 Å². The van der Waals surface area contributed by atoms with Crippen molar-refractivity contribution < 1.29 is 9.60 Å². The maximum atomic E-state index is 14.1. The summed E-state index contributed by atoms with van der Waals surface area (Å²) in [5.41, 5.74) is 6.08. The minimum absolute atomic E-state index is 0.125. The van der Waals surface area contributed by atoms with Crippen LogP contribution in [0.1, 0.15) is 31.4 Å². The van der Waals surface area contributed by atoms with Crippen LogP contribution in [0.4, 0.5) is 4.39 Å². The molecule has 0 radical (unpaired) electrons. The molecule has 0 heterocycles. The molecular weight excluding hydrogens is 271 g/mol. The molecule has 0 saturated heterocycles. The number of rotatable bonds is 9. The van der Waals surface area contributed by atoms with Gasteiger partial charge < -0.3 is 21.2 Å².